The Bertz CT molecular complexity index is 615. The van der Waals surface area contributed by atoms with Crippen molar-refractivity contribution < 1.29 is 19.1 Å². The second-order valence-corrected chi connectivity index (χ2v) is 4.05. The minimum atomic E-state index is -1.30. The molecule has 5 nitrogen and oxygen atoms in total. The van der Waals surface area contributed by atoms with Crippen molar-refractivity contribution in [2.45, 2.75) is 6.54 Å². The fourth-order valence-electron chi connectivity index (χ4n) is 1.61. The monoisotopic (exact) mass is 271 g/mol. The molecule has 0 fully saturated rings. The number of aliphatic carboxylic acids is 1. The first-order valence-electron chi connectivity index (χ1n) is 5.97. The Morgan fingerprint density at radius 1 is 1.15 bits per heavy atom. The van der Waals surface area contributed by atoms with Gasteiger partial charge in [0.05, 0.1) is 6.26 Å². The predicted molar refractivity (Wildman–Crippen MR) is 72.6 cm³/mol. The number of carboxylic acids is 1. The number of furan rings is 1. The number of hydrogen-bond acceptors (Lipinski definition) is 3. The van der Waals surface area contributed by atoms with E-state index in [0.717, 1.165) is 5.56 Å². The summed E-state index contributed by atoms with van der Waals surface area (Å²) in [5.74, 6) is -1.64. The van der Waals surface area contributed by atoms with E-state index >= 15 is 0 Å². The van der Waals surface area contributed by atoms with Crippen LogP contribution >= 0.6 is 0 Å². The highest BCUT2D eigenvalue weighted by Crippen LogP contribution is 2.08. The van der Waals surface area contributed by atoms with E-state index in [2.05, 4.69) is 5.32 Å². The molecular formula is C15H13NO4. The lowest BCUT2D eigenvalue weighted by Crippen LogP contribution is -2.27. The first kappa shape index (κ1) is 13.6. The minimum Gasteiger partial charge on any atom is -0.477 e. The number of carbonyl (C=O) groups is 2. The van der Waals surface area contributed by atoms with Crippen molar-refractivity contribution >= 4 is 18.0 Å². The van der Waals surface area contributed by atoms with Crippen molar-refractivity contribution in [2.24, 2.45) is 0 Å². The summed E-state index contributed by atoms with van der Waals surface area (Å²) in [6.45, 7) is 0.266. The third-order valence-corrected chi connectivity index (χ3v) is 2.60. The zero-order valence-corrected chi connectivity index (χ0v) is 10.6. The van der Waals surface area contributed by atoms with Crippen LogP contribution in [0.2, 0.25) is 0 Å². The van der Waals surface area contributed by atoms with Gasteiger partial charge in [0.25, 0.3) is 5.91 Å². The maximum absolute atomic E-state index is 11.9. The molecule has 0 atom stereocenters. The second-order valence-electron chi connectivity index (χ2n) is 4.05. The molecule has 1 aromatic heterocycles. The molecule has 1 aromatic carbocycles. The van der Waals surface area contributed by atoms with Crippen molar-refractivity contribution in [1.82, 2.24) is 5.32 Å². The number of rotatable bonds is 5. The van der Waals surface area contributed by atoms with Gasteiger partial charge >= 0.3 is 5.97 Å². The first-order chi connectivity index (χ1) is 9.66. The van der Waals surface area contributed by atoms with Gasteiger partial charge in [0, 0.05) is 12.6 Å². The Labute approximate surface area is 115 Å². The molecule has 0 bridgehead atoms. The Morgan fingerprint density at radius 2 is 1.90 bits per heavy atom. The maximum atomic E-state index is 11.9. The van der Waals surface area contributed by atoms with E-state index in [1.165, 1.54) is 12.3 Å². The lowest BCUT2D eigenvalue weighted by Gasteiger charge is -2.05. The summed E-state index contributed by atoms with van der Waals surface area (Å²) in [6, 6.07) is 12.4. The smallest absolute Gasteiger partial charge is 0.341 e. The summed E-state index contributed by atoms with van der Waals surface area (Å²) >= 11 is 0. The van der Waals surface area contributed by atoms with Crippen LogP contribution in [0, 0.1) is 0 Å². The van der Waals surface area contributed by atoms with E-state index in [1.54, 1.807) is 12.1 Å². The molecule has 0 saturated heterocycles. The zero-order chi connectivity index (χ0) is 14.4. The first-order valence-corrected chi connectivity index (χ1v) is 5.97. The lowest BCUT2D eigenvalue weighted by molar-refractivity contribution is -0.134. The SMILES string of the molecule is O=C(O)/C(=C/c1ccco1)C(=O)NCc1ccccc1. The zero-order valence-electron chi connectivity index (χ0n) is 10.6. The van der Waals surface area contributed by atoms with E-state index in [4.69, 9.17) is 9.52 Å². The molecule has 1 heterocycles. The quantitative estimate of drug-likeness (QED) is 0.495. The average molecular weight is 271 g/mol. The number of carbonyl (C=O) groups excluding carboxylic acids is 1. The maximum Gasteiger partial charge on any atom is 0.341 e. The highest BCUT2D eigenvalue weighted by atomic mass is 16.4. The number of amides is 1. The molecule has 20 heavy (non-hydrogen) atoms. The Balaban J connectivity index is 2.07. The van der Waals surface area contributed by atoms with Crippen LogP contribution in [0.25, 0.3) is 6.08 Å². The summed E-state index contributed by atoms with van der Waals surface area (Å²) in [5, 5.41) is 11.6. The number of carboxylic acid groups (broad SMARTS) is 1. The van der Waals surface area contributed by atoms with Crippen molar-refractivity contribution in [1.29, 1.82) is 0 Å². The molecule has 2 aromatic rings. The summed E-state index contributed by atoms with van der Waals surface area (Å²) < 4.78 is 5.01. The highest BCUT2D eigenvalue weighted by molar-refractivity contribution is 6.18. The molecule has 102 valence electrons. The molecule has 0 radical (unpaired) electrons. The molecule has 0 unspecified atom stereocenters. The average Bonchev–Trinajstić information content (AvgIpc) is 2.96. The summed E-state index contributed by atoms with van der Waals surface area (Å²) in [5.41, 5.74) is 0.527. The van der Waals surface area contributed by atoms with Crippen LogP contribution < -0.4 is 5.32 Å². The van der Waals surface area contributed by atoms with Crippen LogP contribution in [-0.4, -0.2) is 17.0 Å². The van der Waals surface area contributed by atoms with Crippen LogP contribution in [0.15, 0.2) is 58.7 Å². The van der Waals surface area contributed by atoms with Crippen LogP contribution in [-0.2, 0) is 16.1 Å². The molecule has 2 N–H and O–H groups in total. The molecule has 0 aliphatic heterocycles. The van der Waals surface area contributed by atoms with Crippen LogP contribution in [0.4, 0.5) is 0 Å². The van der Waals surface area contributed by atoms with Gasteiger partial charge in [-0.05, 0) is 17.7 Å². The van der Waals surface area contributed by atoms with Crippen LogP contribution in [0.3, 0.4) is 0 Å². The molecule has 0 spiro atoms. The summed E-state index contributed by atoms with van der Waals surface area (Å²) in [4.78, 5) is 23.0. The van der Waals surface area contributed by atoms with Crippen molar-refractivity contribution in [3.63, 3.8) is 0 Å². The largest absolute Gasteiger partial charge is 0.477 e. The van der Waals surface area contributed by atoms with E-state index < -0.39 is 11.9 Å². The molecule has 5 heteroatoms. The van der Waals surface area contributed by atoms with E-state index in [9.17, 15) is 9.59 Å². The van der Waals surface area contributed by atoms with Gasteiger partial charge in [0.15, 0.2) is 0 Å². The van der Waals surface area contributed by atoms with Gasteiger partial charge in [-0.15, -0.1) is 0 Å². The standard InChI is InChI=1S/C15H13NO4/c17-14(16-10-11-5-2-1-3-6-11)13(15(18)19)9-12-7-4-8-20-12/h1-9H,10H2,(H,16,17)(H,18,19)/b13-9+. The van der Waals surface area contributed by atoms with E-state index in [0.29, 0.717) is 5.76 Å². The molecule has 0 aliphatic carbocycles. The van der Waals surface area contributed by atoms with Gasteiger partial charge in [0.1, 0.15) is 11.3 Å². The number of benzene rings is 1. The summed E-state index contributed by atoms with van der Waals surface area (Å²) in [6.07, 6.45) is 2.61. The van der Waals surface area contributed by atoms with Gasteiger partial charge in [-0.3, -0.25) is 4.79 Å². The molecule has 0 aliphatic rings. The molecule has 2 rings (SSSR count). The number of hydrogen-bond donors (Lipinski definition) is 2. The Morgan fingerprint density at radius 3 is 2.50 bits per heavy atom. The van der Waals surface area contributed by atoms with Gasteiger partial charge in [0.2, 0.25) is 0 Å². The Kier molecular flexibility index (Phi) is 4.34. The topological polar surface area (TPSA) is 79.5 Å². The third-order valence-electron chi connectivity index (χ3n) is 2.60. The van der Waals surface area contributed by atoms with Crippen molar-refractivity contribution in [3.05, 3.63) is 65.6 Å². The lowest BCUT2D eigenvalue weighted by atomic mass is 10.2. The van der Waals surface area contributed by atoms with Gasteiger partial charge in [-0.25, -0.2) is 4.79 Å². The third kappa shape index (κ3) is 3.58. The van der Waals surface area contributed by atoms with E-state index in [-0.39, 0.29) is 12.1 Å². The highest BCUT2D eigenvalue weighted by Gasteiger charge is 2.17. The van der Waals surface area contributed by atoms with Crippen molar-refractivity contribution in [2.75, 3.05) is 0 Å². The van der Waals surface area contributed by atoms with Gasteiger partial charge in [-0.2, -0.15) is 0 Å². The predicted octanol–water partition coefficient (Wildman–Crippen LogP) is 2.06. The van der Waals surface area contributed by atoms with Crippen LogP contribution in [0.1, 0.15) is 11.3 Å². The molecular weight excluding hydrogens is 258 g/mol. The van der Waals surface area contributed by atoms with E-state index in [1.807, 2.05) is 30.3 Å². The second kappa shape index (κ2) is 6.38. The van der Waals surface area contributed by atoms with Crippen molar-refractivity contribution in [3.8, 4) is 0 Å². The molecule has 1 amide bonds. The Hall–Kier alpha value is -2.82. The fraction of sp³-hybridized carbons (Fsp3) is 0.0667. The fourth-order valence-corrected chi connectivity index (χ4v) is 1.61. The van der Waals surface area contributed by atoms with Gasteiger partial charge < -0.3 is 14.8 Å². The van der Waals surface area contributed by atoms with Crippen LogP contribution in [0.5, 0.6) is 0 Å². The molecule has 0 saturated carbocycles. The normalized spacial score (nSPS) is 11.1. The minimum absolute atomic E-state index is 0.266. The summed E-state index contributed by atoms with van der Waals surface area (Å²) in [7, 11) is 0. The van der Waals surface area contributed by atoms with Gasteiger partial charge in [-0.1, -0.05) is 30.3 Å². The number of nitrogens with one attached hydrogen (secondary N) is 1.